The van der Waals surface area contributed by atoms with Crippen LogP contribution < -0.4 is 10.5 Å². The van der Waals surface area contributed by atoms with Gasteiger partial charge >= 0.3 is 6.36 Å². The number of hydrogen-bond acceptors (Lipinski definition) is 3. The molecule has 0 bridgehead atoms. The third-order valence-corrected chi connectivity index (χ3v) is 2.56. The minimum Gasteiger partial charge on any atom is -0.406 e. The highest BCUT2D eigenvalue weighted by Crippen LogP contribution is 2.28. The Morgan fingerprint density at radius 2 is 2.00 bits per heavy atom. The molecule has 0 saturated carbocycles. The molecule has 0 aliphatic heterocycles. The molecule has 0 amide bonds. The molecule has 0 saturated heterocycles. The molecule has 0 radical (unpaired) electrons. The topological polar surface area (TPSA) is 55.5 Å². The van der Waals surface area contributed by atoms with Crippen LogP contribution in [0.4, 0.5) is 17.6 Å². The minimum atomic E-state index is -4.86. The van der Waals surface area contributed by atoms with Crippen molar-refractivity contribution >= 4 is 0 Å². The average molecular weight is 281 g/mol. The van der Waals surface area contributed by atoms with E-state index in [4.69, 9.17) is 5.73 Å². The normalized spacial score (nSPS) is 15.1. The maximum Gasteiger partial charge on any atom is 0.573 e. The van der Waals surface area contributed by atoms with Crippen molar-refractivity contribution in [3.8, 4) is 5.75 Å². The molecule has 0 heterocycles. The lowest BCUT2D eigenvalue weighted by molar-refractivity contribution is -0.274. The summed E-state index contributed by atoms with van der Waals surface area (Å²) in [6.07, 6.45) is -4.94. The fourth-order valence-corrected chi connectivity index (χ4v) is 1.66. The Balaban J connectivity index is 2.96. The van der Waals surface area contributed by atoms with Gasteiger partial charge in [0.15, 0.2) is 0 Å². The van der Waals surface area contributed by atoms with Gasteiger partial charge in [0.25, 0.3) is 0 Å². The summed E-state index contributed by atoms with van der Waals surface area (Å²) in [4.78, 5) is 0. The lowest BCUT2D eigenvalue weighted by atomic mass is 9.98. The summed E-state index contributed by atoms with van der Waals surface area (Å²) >= 11 is 0. The van der Waals surface area contributed by atoms with Gasteiger partial charge in [-0.2, -0.15) is 0 Å². The predicted molar refractivity (Wildman–Crippen MR) is 60.9 cm³/mol. The molecule has 0 fully saturated rings. The van der Waals surface area contributed by atoms with Crippen LogP contribution in [-0.4, -0.2) is 17.6 Å². The van der Waals surface area contributed by atoms with Gasteiger partial charge in [-0.1, -0.05) is 13.3 Å². The maximum atomic E-state index is 13.5. The Morgan fingerprint density at radius 1 is 1.37 bits per heavy atom. The average Bonchev–Trinajstić information content (AvgIpc) is 2.29. The molecule has 0 aliphatic rings. The van der Waals surface area contributed by atoms with E-state index in [-0.39, 0.29) is 5.56 Å². The minimum absolute atomic E-state index is 0.206. The second-order valence-corrected chi connectivity index (χ2v) is 4.11. The van der Waals surface area contributed by atoms with Crippen LogP contribution in [0.3, 0.4) is 0 Å². The summed E-state index contributed by atoms with van der Waals surface area (Å²) in [5.74, 6) is -1.35. The van der Waals surface area contributed by atoms with Gasteiger partial charge < -0.3 is 15.6 Å². The zero-order valence-corrected chi connectivity index (χ0v) is 10.2. The van der Waals surface area contributed by atoms with Crippen LogP contribution in [0, 0.1) is 5.82 Å². The summed E-state index contributed by atoms with van der Waals surface area (Å²) in [6.45, 7) is 1.80. The van der Waals surface area contributed by atoms with Crippen molar-refractivity contribution in [1.29, 1.82) is 0 Å². The van der Waals surface area contributed by atoms with Crippen LogP contribution >= 0.6 is 0 Å². The van der Waals surface area contributed by atoms with Gasteiger partial charge in [0.05, 0.1) is 12.1 Å². The Bertz CT molecular complexity index is 423. The van der Waals surface area contributed by atoms with Gasteiger partial charge in [0, 0.05) is 5.56 Å². The molecule has 19 heavy (non-hydrogen) atoms. The first-order valence-corrected chi connectivity index (χ1v) is 5.73. The van der Waals surface area contributed by atoms with E-state index < -0.39 is 30.1 Å². The quantitative estimate of drug-likeness (QED) is 0.816. The van der Waals surface area contributed by atoms with Crippen LogP contribution in [0.1, 0.15) is 31.4 Å². The van der Waals surface area contributed by atoms with E-state index >= 15 is 0 Å². The molecule has 108 valence electrons. The smallest absolute Gasteiger partial charge is 0.406 e. The van der Waals surface area contributed by atoms with E-state index in [0.29, 0.717) is 12.8 Å². The first-order chi connectivity index (χ1) is 8.74. The molecule has 0 spiro atoms. The van der Waals surface area contributed by atoms with Gasteiger partial charge in [-0.05, 0) is 24.6 Å². The lowest BCUT2D eigenvalue weighted by Gasteiger charge is -2.20. The number of rotatable bonds is 5. The van der Waals surface area contributed by atoms with Crippen molar-refractivity contribution in [3.63, 3.8) is 0 Å². The number of aliphatic hydroxyl groups excluding tert-OH is 1. The van der Waals surface area contributed by atoms with Crippen LogP contribution in [0.5, 0.6) is 5.75 Å². The van der Waals surface area contributed by atoms with Gasteiger partial charge in [0.2, 0.25) is 0 Å². The molecule has 0 aliphatic carbocycles. The summed E-state index contributed by atoms with van der Waals surface area (Å²) in [7, 11) is 0. The number of benzene rings is 1. The molecule has 0 aromatic heterocycles. The van der Waals surface area contributed by atoms with Gasteiger partial charge in [-0.15, -0.1) is 13.2 Å². The molecule has 1 rings (SSSR count). The maximum absolute atomic E-state index is 13.5. The molecule has 3 N–H and O–H groups in total. The van der Waals surface area contributed by atoms with Crippen molar-refractivity contribution in [1.82, 2.24) is 0 Å². The lowest BCUT2D eigenvalue weighted by Crippen LogP contribution is -2.27. The van der Waals surface area contributed by atoms with Crippen LogP contribution in [0.25, 0.3) is 0 Å². The summed E-state index contributed by atoms with van der Waals surface area (Å²) in [5.41, 5.74) is 5.43. The van der Waals surface area contributed by atoms with E-state index in [2.05, 4.69) is 4.74 Å². The van der Waals surface area contributed by atoms with Crippen molar-refractivity contribution in [2.75, 3.05) is 0 Å². The number of aliphatic hydroxyl groups is 1. The number of ether oxygens (including phenoxy) is 1. The third-order valence-electron chi connectivity index (χ3n) is 2.56. The van der Waals surface area contributed by atoms with Crippen molar-refractivity contribution in [2.24, 2.45) is 5.73 Å². The van der Waals surface area contributed by atoms with Crippen LogP contribution in [0.2, 0.25) is 0 Å². The first kappa shape index (κ1) is 15.7. The van der Waals surface area contributed by atoms with Crippen LogP contribution in [0.15, 0.2) is 18.2 Å². The molecule has 1 aromatic rings. The first-order valence-electron chi connectivity index (χ1n) is 5.73. The monoisotopic (exact) mass is 281 g/mol. The zero-order valence-electron chi connectivity index (χ0n) is 10.2. The van der Waals surface area contributed by atoms with E-state index in [9.17, 15) is 22.7 Å². The van der Waals surface area contributed by atoms with E-state index in [0.717, 1.165) is 18.2 Å². The second kappa shape index (κ2) is 6.21. The Hall–Kier alpha value is -1.34. The zero-order chi connectivity index (χ0) is 14.6. The Labute approximate surface area is 108 Å². The molecule has 3 nitrogen and oxygen atoms in total. The van der Waals surface area contributed by atoms with Gasteiger partial charge in [-0.3, -0.25) is 0 Å². The third kappa shape index (κ3) is 4.68. The number of nitrogens with two attached hydrogens (primary N) is 1. The van der Waals surface area contributed by atoms with Crippen molar-refractivity contribution < 1.29 is 27.4 Å². The summed E-state index contributed by atoms with van der Waals surface area (Å²) < 4.78 is 53.4. The Kier molecular flexibility index (Phi) is 5.13. The van der Waals surface area contributed by atoms with Crippen LogP contribution in [-0.2, 0) is 0 Å². The summed E-state index contributed by atoms with van der Waals surface area (Å²) in [5, 5.41) is 9.66. The fourth-order valence-electron chi connectivity index (χ4n) is 1.66. The van der Waals surface area contributed by atoms with Crippen molar-refractivity contribution in [2.45, 2.75) is 38.3 Å². The highest BCUT2D eigenvalue weighted by atomic mass is 19.4. The molecule has 1 aromatic carbocycles. The summed E-state index contributed by atoms with van der Waals surface area (Å²) in [6, 6.07) is 1.43. The molecular weight excluding hydrogens is 266 g/mol. The standard InChI is InChI=1S/C12H15F4NO2/c1-2-3-10(18)11(17)8-6-7(4-5-9(8)13)19-12(14,15)16/h4-6,10-11,18H,2-3,17H2,1H3/t10-,11+/m0/s1. The van der Waals surface area contributed by atoms with E-state index in [1.54, 1.807) is 6.92 Å². The largest absolute Gasteiger partial charge is 0.573 e. The molecule has 0 unspecified atom stereocenters. The van der Waals surface area contributed by atoms with Gasteiger partial charge in [-0.25, -0.2) is 4.39 Å². The highest BCUT2D eigenvalue weighted by molar-refractivity contribution is 5.32. The molecule has 2 atom stereocenters. The highest BCUT2D eigenvalue weighted by Gasteiger charge is 2.31. The van der Waals surface area contributed by atoms with Gasteiger partial charge in [0.1, 0.15) is 11.6 Å². The van der Waals surface area contributed by atoms with E-state index in [1.807, 2.05) is 0 Å². The molecular formula is C12H15F4NO2. The number of alkyl halides is 3. The van der Waals surface area contributed by atoms with E-state index in [1.165, 1.54) is 0 Å². The number of halogens is 4. The van der Waals surface area contributed by atoms with Crippen molar-refractivity contribution in [3.05, 3.63) is 29.6 Å². The predicted octanol–water partition coefficient (Wildman–Crippen LogP) is 2.89. The number of hydrogen-bond donors (Lipinski definition) is 2. The SMILES string of the molecule is CCC[C@H](O)[C@H](N)c1cc(OC(F)(F)F)ccc1F. The fraction of sp³-hybridized carbons (Fsp3) is 0.500. The molecule has 7 heteroatoms. The Morgan fingerprint density at radius 3 is 2.53 bits per heavy atom. The second-order valence-electron chi connectivity index (χ2n) is 4.11.